The molecule has 0 amide bonds. The zero-order chi connectivity index (χ0) is 34.8. The molecule has 0 spiro atoms. The van der Waals surface area contributed by atoms with Crippen molar-refractivity contribution in [2.75, 3.05) is 24.7 Å². The maximum Gasteiger partial charge on any atom is 0.218 e. The third-order valence-electron chi connectivity index (χ3n) is 9.08. The summed E-state index contributed by atoms with van der Waals surface area (Å²) in [5.41, 5.74) is 4.00. The number of benzene rings is 4. The molecule has 0 N–H and O–H groups in total. The van der Waals surface area contributed by atoms with Gasteiger partial charge < -0.3 is 28.2 Å². The molecule has 8 atom stereocenters. The van der Waals surface area contributed by atoms with E-state index in [2.05, 4.69) is 6.92 Å². The van der Waals surface area contributed by atoms with Crippen LogP contribution in [0.25, 0.3) is 0 Å². The molecular formula is C39H44O9S2. The predicted molar refractivity (Wildman–Crippen MR) is 191 cm³/mol. The van der Waals surface area contributed by atoms with E-state index in [9.17, 15) is 13.0 Å². The summed E-state index contributed by atoms with van der Waals surface area (Å²) in [5.74, 6) is 1.05. The van der Waals surface area contributed by atoms with Gasteiger partial charge in [0.2, 0.25) is 10.4 Å². The number of hydrogen-bond acceptors (Lipinski definition) is 9. The highest BCUT2D eigenvalue weighted by Crippen LogP contribution is 2.37. The summed E-state index contributed by atoms with van der Waals surface area (Å²) in [7, 11) is -5.45. The van der Waals surface area contributed by atoms with Gasteiger partial charge >= 0.3 is 0 Å². The molecule has 2 saturated heterocycles. The zero-order valence-corrected chi connectivity index (χ0v) is 29.7. The Labute approximate surface area is 298 Å². The molecular weight excluding hydrogens is 677 g/mol. The minimum absolute atomic E-state index is 0.000266. The summed E-state index contributed by atoms with van der Waals surface area (Å²) in [6.45, 7) is 3.83. The largest absolute Gasteiger partial charge is 0.726 e. The van der Waals surface area contributed by atoms with Crippen LogP contribution in [0.2, 0.25) is 0 Å². The third-order valence-corrected chi connectivity index (χ3v) is 12.5. The number of rotatable bonds is 15. The van der Waals surface area contributed by atoms with Crippen molar-refractivity contribution in [1.82, 2.24) is 0 Å². The van der Waals surface area contributed by atoms with E-state index >= 15 is 0 Å². The van der Waals surface area contributed by atoms with Gasteiger partial charge in [0.15, 0.2) is 6.29 Å². The van der Waals surface area contributed by atoms with Crippen molar-refractivity contribution >= 4 is 21.3 Å². The van der Waals surface area contributed by atoms with Crippen molar-refractivity contribution in [3.8, 4) is 0 Å². The van der Waals surface area contributed by atoms with Gasteiger partial charge in [-0.1, -0.05) is 128 Å². The molecule has 2 fully saturated rings. The minimum Gasteiger partial charge on any atom is -0.726 e. The molecule has 0 aromatic heterocycles. The van der Waals surface area contributed by atoms with E-state index in [-0.39, 0.29) is 30.0 Å². The summed E-state index contributed by atoms with van der Waals surface area (Å²) in [6.07, 6.45) is -3.07. The molecule has 11 heteroatoms. The molecule has 2 heterocycles. The lowest BCUT2D eigenvalue weighted by Gasteiger charge is -2.42. The first-order valence-corrected chi connectivity index (χ1v) is 19.8. The van der Waals surface area contributed by atoms with Crippen LogP contribution < -0.4 is 0 Å². The first kappa shape index (κ1) is 36.7. The van der Waals surface area contributed by atoms with Crippen LogP contribution >= 0.6 is 0 Å². The van der Waals surface area contributed by atoms with Crippen molar-refractivity contribution in [2.45, 2.75) is 62.7 Å². The monoisotopic (exact) mass is 720 g/mol. The van der Waals surface area contributed by atoms with Gasteiger partial charge in [-0.3, -0.25) is 4.18 Å². The highest BCUT2D eigenvalue weighted by molar-refractivity contribution is 7.97. The fraction of sp³-hybridized carbons (Fsp3) is 0.385. The molecule has 50 heavy (non-hydrogen) atoms. The molecule has 2 aliphatic rings. The summed E-state index contributed by atoms with van der Waals surface area (Å²) < 4.78 is 72.7. The lowest BCUT2D eigenvalue weighted by Crippen LogP contribution is -2.58. The van der Waals surface area contributed by atoms with Gasteiger partial charge in [-0.05, 0) is 27.6 Å². The molecule has 0 saturated carbocycles. The number of hydrogen-bond donors (Lipinski definition) is 0. The normalized spacial score (nSPS) is 27.2. The molecule has 4 aromatic rings. The van der Waals surface area contributed by atoms with Gasteiger partial charge in [-0.2, -0.15) is 0 Å². The van der Waals surface area contributed by atoms with E-state index in [1.54, 1.807) is 0 Å². The third kappa shape index (κ3) is 10.5. The van der Waals surface area contributed by atoms with E-state index in [1.807, 2.05) is 121 Å². The van der Waals surface area contributed by atoms with Gasteiger partial charge in [-0.25, -0.2) is 8.42 Å². The van der Waals surface area contributed by atoms with Gasteiger partial charge in [0, 0.05) is 11.5 Å². The molecule has 3 unspecified atom stereocenters. The average molecular weight is 721 g/mol. The van der Waals surface area contributed by atoms with Crippen LogP contribution in [-0.2, 0) is 69.0 Å². The maximum atomic E-state index is 11.8. The Bertz CT molecular complexity index is 1680. The summed E-state index contributed by atoms with van der Waals surface area (Å²) >= 11 is 0. The zero-order valence-electron chi connectivity index (χ0n) is 28.0. The highest BCUT2D eigenvalue weighted by atomic mass is 32.3. The Morgan fingerprint density at radius 2 is 1.28 bits per heavy atom. The van der Waals surface area contributed by atoms with Crippen LogP contribution in [0.15, 0.2) is 121 Å². The van der Waals surface area contributed by atoms with Crippen molar-refractivity contribution in [2.24, 2.45) is 5.92 Å². The van der Waals surface area contributed by atoms with E-state index < -0.39 is 39.8 Å². The minimum atomic E-state index is -5.02. The van der Waals surface area contributed by atoms with Crippen molar-refractivity contribution in [3.05, 3.63) is 144 Å². The van der Waals surface area contributed by atoms with Crippen molar-refractivity contribution in [1.29, 1.82) is 0 Å². The Hall–Kier alpha value is -3.10. The van der Waals surface area contributed by atoms with Gasteiger partial charge in [-0.15, -0.1) is 0 Å². The molecule has 266 valence electrons. The Balaban J connectivity index is 1.27. The van der Waals surface area contributed by atoms with Crippen LogP contribution in [0.4, 0.5) is 0 Å². The summed E-state index contributed by atoms with van der Waals surface area (Å²) in [4.78, 5) is 0. The van der Waals surface area contributed by atoms with E-state index in [4.69, 9.17) is 27.9 Å². The molecule has 6 rings (SSSR count). The lowest BCUT2D eigenvalue weighted by molar-refractivity contribution is -0.245. The lowest BCUT2D eigenvalue weighted by atomic mass is 9.95. The molecule has 0 radical (unpaired) electrons. The standard InChI is InChI=1S/C39H44O9S2/c1-29-37(26-43-22-30-14-6-2-7-15-30)49(27-35-34(48-50(40,41)42)25-46-39(47-35)33-20-12-5-13-21-33)28-36(44-23-31-16-8-3-9-17-31)38(29)45-24-32-18-10-4-11-19-32/h2-21,29,34-39H,22-28H2,1H3/t29-,34?,35-,36+,37-,38+,39?,49?/m1/s1. The molecule has 2 aliphatic heterocycles. The van der Waals surface area contributed by atoms with Crippen LogP contribution in [-0.4, -0.2) is 67.4 Å². The van der Waals surface area contributed by atoms with Crippen molar-refractivity contribution < 1.29 is 40.8 Å². The van der Waals surface area contributed by atoms with Gasteiger partial charge in [0.1, 0.15) is 35.1 Å². The van der Waals surface area contributed by atoms with Crippen molar-refractivity contribution in [3.63, 3.8) is 0 Å². The molecule has 0 aliphatic carbocycles. The van der Waals surface area contributed by atoms with Crippen LogP contribution in [0, 0.1) is 5.92 Å². The first-order chi connectivity index (χ1) is 24.3. The maximum absolute atomic E-state index is 11.8. The van der Waals surface area contributed by atoms with E-state index in [0.717, 1.165) is 22.3 Å². The van der Waals surface area contributed by atoms with E-state index in [1.165, 1.54) is 0 Å². The summed E-state index contributed by atoms with van der Waals surface area (Å²) in [5, 5.41) is 0.0159. The van der Waals surface area contributed by atoms with Gasteiger partial charge in [0.25, 0.3) is 0 Å². The first-order valence-electron chi connectivity index (χ1n) is 16.9. The fourth-order valence-electron chi connectivity index (χ4n) is 6.50. The van der Waals surface area contributed by atoms with Crippen LogP contribution in [0.1, 0.15) is 35.5 Å². The SMILES string of the molecule is C[C@H]1[C@H](OCc2ccccc2)[C@@H](OCc2ccccc2)C[S+](C[C@H]2OC(c3ccccc3)OCC2OS(=O)(=O)[O-])[C@@H]1COCc1ccccc1. The molecule has 9 nitrogen and oxygen atoms in total. The number of ether oxygens (including phenoxy) is 5. The second kappa shape index (κ2) is 17.9. The Morgan fingerprint density at radius 3 is 1.86 bits per heavy atom. The molecule has 0 bridgehead atoms. The predicted octanol–water partition coefficient (Wildman–Crippen LogP) is 5.97. The van der Waals surface area contributed by atoms with Crippen LogP contribution in [0.5, 0.6) is 0 Å². The van der Waals surface area contributed by atoms with Crippen LogP contribution in [0.3, 0.4) is 0 Å². The Morgan fingerprint density at radius 1 is 0.740 bits per heavy atom. The van der Waals surface area contributed by atoms with E-state index in [0.29, 0.717) is 37.9 Å². The smallest absolute Gasteiger partial charge is 0.218 e. The quantitative estimate of drug-likeness (QED) is 0.0833. The Kier molecular flexibility index (Phi) is 13.1. The fourth-order valence-corrected chi connectivity index (χ4v) is 10.1. The highest BCUT2D eigenvalue weighted by Gasteiger charge is 2.52. The van der Waals surface area contributed by atoms with Gasteiger partial charge in [0.05, 0.1) is 39.1 Å². The second-order valence-electron chi connectivity index (χ2n) is 12.7. The second-order valence-corrected chi connectivity index (χ2v) is 16.0. The summed E-state index contributed by atoms with van der Waals surface area (Å²) in [6, 6.07) is 39.6. The molecule has 4 aromatic carbocycles. The average Bonchev–Trinajstić information content (AvgIpc) is 3.13. The topological polar surface area (TPSA) is 113 Å².